The summed E-state index contributed by atoms with van der Waals surface area (Å²) in [5, 5.41) is 11.6. The van der Waals surface area contributed by atoms with Crippen LogP contribution in [0.5, 0.6) is 0 Å². The molecular formula is C9H19N5S. The Morgan fingerprint density at radius 3 is 2.80 bits per heavy atom. The van der Waals surface area contributed by atoms with Gasteiger partial charge in [-0.3, -0.25) is 0 Å². The molecule has 15 heavy (non-hydrogen) atoms. The summed E-state index contributed by atoms with van der Waals surface area (Å²) in [5.74, 6) is 3.06. The summed E-state index contributed by atoms with van der Waals surface area (Å²) >= 11 is 1.93. The molecule has 2 atom stereocenters. The molecule has 2 unspecified atom stereocenters. The molecule has 0 aromatic carbocycles. The molecule has 0 saturated heterocycles. The predicted molar refractivity (Wildman–Crippen MR) is 62.7 cm³/mol. The summed E-state index contributed by atoms with van der Waals surface area (Å²) in [5.41, 5.74) is 5.78. The Morgan fingerprint density at radius 2 is 2.20 bits per heavy atom. The van der Waals surface area contributed by atoms with Crippen molar-refractivity contribution in [3.8, 4) is 0 Å². The number of tetrazole rings is 1. The Bertz CT molecular complexity index is 286. The Morgan fingerprint density at radius 1 is 1.47 bits per heavy atom. The average molecular weight is 229 g/mol. The zero-order valence-corrected chi connectivity index (χ0v) is 10.4. The second kappa shape index (κ2) is 6.07. The van der Waals surface area contributed by atoms with Crippen molar-refractivity contribution in [2.24, 2.45) is 5.73 Å². The molecule has 6 heteroatoms. The fourth-order valence-corrected chi connectivity index (χ4v) is 2.13. The smallest absolute Gasteiger partial charge is 0.167 e. The number of thioether (sulfide) groups is 1. The standard InChI is InChI=1S/C9H19N5S/c1-4-15-6-5-7(2)14-9(8(3)10)11-12-13-14/h7-8H,4-6,10H2,1-3H3. The molecule has 0 fully saturated rings. The Balaban J connectivity index is 2.56. The van der Waals surface area contributed by atoms with Crippen molar-refractivity contribution in [2.45, 2.75) is 39.3 Å². The Hall–Kier alpha value is -0.620. The van der Waals surface area contributed by atoms with Gasteiger partial charge in [0.25, 0.3) is 0 Å². The van der Waals surface area contributed by atoms with Crippen molar-refractivity contribution < 1.29 is 0 Å². The number of aromatic nitrogens is 4. The van der Waals surface area contributed by atoms with Crippen molar-refractivity contribution in [1.29, 1.82) is 0 Å². The molecule has 1 rings (SSSR count). The molecule has 0 aliphatic rings. The average Bonchev–Trinajstić information content (AvgIpc) is 2.66. The van der Waals surface area contributed by atoms with Gasteiger partial charge in [-0.1, -0.05) is 6.92 Å². The predicted octanol–water partition coefficient (Wildman–Crippen LogP) is 1.40. The van der Waals surface area contributed by atoms with Crippen molar-refractivity contribution >= 4 is 11.8 Å². The van der Waals surface area contributed by atoms with Gasteiger partial charge in [0, 0.05) is 0 Å². The third kappa shape index (κ3) is 3.46. The molecule has 0 amide bonds. The molecule has 86 valence electrons. The van der Waals surface area contributed by atoms with Crippen LogP contribution in [0.15, 0.2) is 0 Å². The lowest BCUT2D eigenvalue weighted by molar-refractivity contribution is 0.440. The summed E-state index contributed by atoms with van der Waals surface area (Å²) < 4.78 is 1.83. The molecule has 0 aliphatic heterocycles. The first-order chi connectivity index (χ1) is 7.16. The fraction of sp³-hybridized carbons (Fsp3) is 0.889. The molecule has 1 aromatic rings. The van der Waals surface area contributed by atoms with Crippen LogP contribution in [0.3, 0.4) is 0 Å². The molecular weight excluding hydrogens is 210 g/mol. The first kappa shape index (κ1) is 12.4. The van der Waals surface area contributed by atoms with Crippen LogP contribution in [-0.2, 0) is 0 Å². The second-order valence-electron chi connectivity index (χ2n) is 3.60. The van der Waals surface area contributed by atoms with Crippen molar-refractivity contribution in [2.75, 3.05) is 11.5 Å². The van der Waals surface area contributed by atoms with Crippen LogP contribution in [0.1, 0.15) is 45.1 Å². The van der Waals surface area contributed by atoms with Gasteiger partial charge in [0.1, 0.15) is 0 Å². The van der Waals surface area contributed by atoms with Gasteiger partial charge >= 0.3 is 0 Å². The highest BCUT2D eigenvalue weighted by Crippen LogP contribution is 2.16. The quantitative estimate of drug-likeness (QED) is 0.747. The third-order valence-corrected chi connectivity index (χ3v) is 3.16. The van der Waals surface area contributed by atoms with Gasteiger partial charge in [0.2, 0.25) is 0 Å². The van der Waals surface area contributed by atoms with E-state index in [9.17, 15) is 0 Å². The first-order valence-electron chi connectivity index (χ1n) is 5.27. The monoisotopic (exact) mass is 229 g/mol. The molecule has 0 saturated carbocycles. The van der Waals surface area contributed by atoms with E-state index in [-0.39, 0.29) is 6.04 Å². The molecule has 5 nitrogen and oxygen atoms in total. The molecule has 2 N–H and O–H groups in total. The number of nitrogens with two attached hydrogens (primary N) is 1. The van der Waals surface area contributed by atoms with Crippen LogP contribution in [0.2, 0.25) is 0 Å². The van der Waals surface area contributed by atoms with E-state index < -0.39 is 0 Å². The fourth-order valence-electron chi connectivity index (χ4n) is 1.33. The van der Waals surface area contributed by atoms with Crippen LogP contribution < -0.4 is 5.73 Å². The van der Waals surface area contributed by atoms with E-state index in [1.165, 1.54) is 0 Å². The maximum Gasteiger partial charge on any atom is 0.167 e. The van der Waals surface area contributed by atoms with Crippen LogP contribution in [-0.4, -0.2) is 31.7 Å². The minimum absolute atomic E-state index is 0.110. The third-order valence-electron chi connectivity index (χ3n) is 2.23. The second-order valence-corrected chi connectivity index (χ2v) is 5.00. The van der Waals surface area contributed by atoms with Crippen molar-refractivity contribution in [3.05, 3.63) is 5.82 Å². The highest BCUT2D eigenvalue weighted by Gasteiger charge is 2.15. The van der Waals surface area contributed by atoms with Gasteiger partial charge in [0.15, 0.2) is 5.82 Å². The number of rotatable bonds is 6. The molecule has 0 aliphatic carbocycles. The summed E-state index contributed by atoms with van der Waals surface area (Å²) in [6, 6.07) is 0.210. The lowest BCUT2D eigenvalue weighted by Gasteiger charge is -2.14. The van der Waals surface area contributed by atoms with E-state index in [2.05, 4.69) is 29.4 Å². The first-order valence-corrected chi connectivity index (χ1v) is 6.43. The van der Waals surface area contributed by atoms with Crippen LogP contribution in [0.25, 0.3) is 0 Å². The maximum absolute atomic E-state index is 5.78. The summed E-state index contributed by atoms with van der Waals surface area (Å²) in [4.78, 5) is 0. The minimum atomic E-state index is -0.110. The van der Waals surface area contributed by atoms with Gasteiger partial charge in [0.05, 0.1) is 12.1 Å². The van der Waals surface area contributed by atoms with Gasteiger partial charge in [-0.2, -0.15) is 11.8 Å². The Labute approximate surface area is 94.8 Å². The largest absolute Gasteiger partial charge is 0.322 e. The van der Waals surface area contributed by atoms with Crippen molar-refractivity contribution in [1.82, 2.24) is 20.2 Å². The van der Waals surface area contributed by atoms with Gasteiger partial charge < -0.3 is 5.73 Å². The molecule has 1 aromatic heterocycles. The van der Waals surface area contributed by atoms with Gasteiger partial charge in [-0.25, -0.2) is 4.68 Å². The number of hydrogen-bond donors (Lipinski definition) is 1. The van der Waals surface area contributed by atoms with E-state index in [4.69, 9.17) is 5.73 Å². The maximum atomic E-state index is 5.78. The highest BCUT2D eigenvalue weighted by molar-refractivity contribution is 7.99. The normalized spacial score (nSPS) is 15.2. The molecule has 0 radical (unpaired) electrons. The number of nitrogens with zero attached hydrogens (tertiary/aromatic N) is 4. The molecule has 0 bridgehead atoms. The summed E-state index contributed by atoms with van der Waals surface area (Å²) in [6.45, 7) is 6.19. The number of hydrogen-bond acceptors (Lipinski definition) is 5. The topological polar surface area (TPSA) is 69.6 Å². The summed E-state index contributed by atoms with van der Waals surface area (Å²) in [6.07, 6.45) is 1.07. The lowest BCUT2D eigenvalue weighted by atomic mass is 10.2. The SMILES string of the molecule is CCSCCC(C)n1nnnc1C(C)N. The van der Waals surface area contributed by atoms with Gasteiger partial charge in [-0.15, -0.1) is 5.10 Å². The van der Waals surface area contributed by atoms with E-state index in [1.54, 1.807) is 0 Å². The van der Waals surface area contributed by atoms with Crippen LogP contribution >= 0.6 is 11.8 Å². The zero-order valence-electron chi connectivity index (χ0n) is 9.55. The molecule has 1 heterocycles. The minimum Gasteiger partial charge on any atom is -0.322 e. The molecule has 0 spiro atoms. The highest BCUT2D eigenvalue weighted by atomic mass is 32.2. The Kier molecular flexibility index (Phi) is 5.04. The van der Waals surface area contributed by atoms with Crippen LogP contribution in [0, 0.1) is 0 Å². The van der Waals surface area contributed by atoms with E-state index in [1.807, 2.05) is 23.4 Å². The zero-order chi connectivity index (χ0) is 11.3. The van der Waals surface area contributed by atoms with Crippen molar-refractivity contribution in [3.63, 3.8) is 0 Å². The van der Waals surface area contributed by atoms with E-state index in [0.29, 0.717) is 6.04 Å². The summed E-state index contributed by atoms with van der Waals surface area (Å²) in [7, 11) is 0. The lowest BCUT2D eigenvalue weighted by Crippen LogP contribution is -2.18. The van der Waals surface area contributed by atoms with E-state index >= 15 is 0 Å². The van der Waals surface area contributed by atoms with E-state index in [0.717, 1.165) is 23.8 Å². The van der Waals surface area contributed by atoms with Crippen LogP contribution in [0.4, 0.5) is 0 Å². The van der Waals surface area contributed by atoms with Gasteiger partial charge in [-0.05, 0) is 42.2 Å².